The molecule has 1 aromatic heterocycles. The molecular weight excluding hydrogens is 320 g/mol. The highest BCUT2D eigenvalue weighted by Crippen LogP contribution is 2.32. The number of rotatable bonds is 7. The zero-order valence-electron chi connectivity index (χ0n) is 14.5. The van der Waals surface area contributed by atoms with E-state index in [0.717, 1.165) is 29.3 Å². The number of hydrogen-bond acceptors (Lipinski definition) is 4. The molecule has 0 aliphatic heterocycles. The van der Waals surface area contributed by atoms with Gasteiger partial charge in [-0.1, -0.05) is 17.7 Å². The van der Waals surface area contributed by atoms with Gasteiger partial charge in [0.1, 0.15) is 17.4 Å². The van der Waals surface area contributed by atoms with Crippen LogP contribution in [0.5, 0.6) is 5.75 Å². The van der Waals surface area contributed by atoms with Crippen molar-refractivity contribution >= 4 is 17.2 Å². The molecule has 3 rings (SSSR count). The number of aromatic nitrogens is 1. The third-order valence-corrected chi connectivity index (χ3v) is 5.02. The van der Waals surface area contributed by atoms with E-state index < -0.39 is 0 Å². The molecular formula is C19H24N2O2S. The molecule has 1 aromatic carbocycles. The summed E-state index contributed by atoms with van der Waals surface area (Å²) in [5, 5.41) is 2.97. The van der Waals surface area contributed by atoms with Crippen molar-refractivity contribution < 1.29 is 9.53 Å². The van der Waals surface area contributed by atoms with Crippen LogP contribution in [0, 0.1) is 12.8 Å². The van der Waals surface area contributed by atoms with Crippen LogP contribution in [0.25, 0.3) is 0 Å². The Labute approximate surface area is 147 Å². The Balaban J connectivity index is 1.57. The topological polar surface area (TPSA) is 42.4 Å². The molecule has 4 nitrogen and oxygen atoms in total. The number of aryl methyl sites for hydroxylation is 1. The fraction of sp³-hybridized carbons (Fsp3) is 0.474. The molecule has 0 atom stereocenters. The number of benzene rings is 1. The fourth-order valence-corrected chi connectivity index (χ4v) is 3.22. The predicted molar refractivity (Wildman–Crippen MR) is 96.0 cm³/mol. The minimum absolute atomic E-state index is 0.201. The maximum atomic E-state index is 12.4. The van der Waals surface area contributed by atoms with E-state index in [2.05, 4.69) is 25.8 Å². The summed E-state index contributed by atoms with van der Waals surface area (Å²) in [5.74, 6) is 1.37. The largest absolute Gasteiger partial charge is 0.486 e. The zero-order chi connectivity index (χ0) is 17.1. The summed E-state index contributed by atoms with van der Waals surface area (Å²) in [5.41, 5.74) is 2.16. The monoisotopic (exact) mass is 344 g/mol. The summed E-state index contributed by atoms with van der Waals surface area (Å²) in [6.07, 6.45) is 2.07. The lowest BCUT2D eigenvalue weighted by atomic mass is 10.2. The molecule has 1 amide bonds. The third-order valence-electron chi connectivity index (χ3n) is 4.15. The fourth-order valence-electron chi connectivity index (χ4n) is 2.52. The van der Waals surface area contributed by atoms with Crippen molar-refractivity contribution in [2.24, 2.45) is 5.92 Å². The van der Waals surface area contributed by atoms with E-state index in [1.54, 1.807) is 11.3 Å². The molecule has 1 aliphatic rings. The average Bonchev–Trinajstić information content (AvgIpc) is 3.31. The summed E-state index contributed by atoms with van der Waals surface area (Å²) in [4.78, 5) is 18.9. The molecule has 128 valence electrons. The highest BCUT2D eigenvalue weighted by atomic mass is 32.1. The van der Waals surface area contributed by atoms with Crippen LogP contribution in [0.2, 0.25) is 0 Å². The summed E-state index contributed by atoms with van der Waals surface area (Å²) in [7, 11) is 0. The Morgan fingerprint density at radius 2 is 2.04 bits per heavy atom. The van der Waals surface area contributed by atoms with Gasteiger partial charge in [0.15, 0.2) is 0 Å². The van der Waals surface area contributed by atoms with Gasteiger partial charge >= 0.3 is 0 Å². The number of amides is 1. The first-order chi connectivity index (χ1) is 11.5. The van der Waals surface area contributed by atoms with Crippen LogP contribution in [0.3, 0.4) is 0 Å². The maximum Gasteiger partial charge on any atom is 0.226 e. The lowest BCUT2D eigenvalue weighted by molar-refractivity contribution is -0.135. The van der Waals surface area contributed by atoms with Gasteiger partial charge in [-0.3, -0.25) is 4.79 Å². The number of thiazole rings is 1. The normalized spacial score (nSPS) is 14.0. The van der Waals surface area contributed by atoms with Crippen LogP contribution in [0.15, 0.2) is 29.6 Å². The first kappa shape index (κ1) is 17.0. The van der Waals surface area contributed by atoms with Gasteiger partial charge in [-0.25, -0.2) is 4.98 Å². The van der Waals surface area contributed by atoms with E-state index in [1.165, 1.54) is 5.56 Å². The van der Waals surface area contributed by atoms with Crippen molar-refractivity contribution in [3.63, 3.8) is 0 Å². The minimum Gasteiger partial charge on any atom is -0.486 e. The molecule has 0 N–H and O–H groups in total. The summed E-state index contributed by atoms with van der Waals surface area (Å²) < 4.78 is 5.78. The number of nitrogens with zero attached hydrogens (tertiary/aromatic N) is 2. The molecule has 0 saturated heterocycles. The number of ether oxygens (including phenoxy) is 1. The van der Waals surface area contributed by atoms with E-state index in [4.69, 9.17) is 4.74 Å². The van der Waals surface area contributed by atoms with Crippen molar-refractivity contribution in [2.45, 2.75) is 52.8 Å². The Hall–Kier alpha value is -1.88. The molecule has 24 heavy (non-hydrogen) atoms. The van der Waals surface area contributed by atoms with Gasteiger partial charge in [-0.15, -0.1) is 11.3 Å². The Morgan fingerprint density at radius 3 is 2.67 bits per heavy atom. The quantitative estimate of drug-likeness (QED) is 0.757. The second-order valence-electron chi connectivity index (χ2n) is 6.67. The number of hydrogen-bond donors (Lipinski definition) is 0. The van der Waals surface area contributed by atoms with Crippen molar-refractivity contribution in [3.8, 4) is 5.75 Å². The lowest BCUT2D eigenvalue weighted by Crippen LogP contribution is -2.37. The zero-order valence-corrected chi connectivity index (χ0v) is 15.3. The van der Waals surface area contributed by atoms with E-state index in [9.17, 15) is 4.79 Å². The molecule has 0 unspecified atom stereocenters. The molecule has 1 aliphatic carbocycles. The molecule has 1 fully saturated rings. The number of carbonyl (C=O) groups is 1. The van der Waals surface area contributed by atoms with Gasteiger partial charge in [0.2, 0.25) is 5.91 Å². The van der Waals surface area contributed by atoms with Crippen molar-refractivity contribution in [3.05, 3.63) is 45.9 Å². The van der Waals surface area contributed by atoms with E-state index in [0.29, 0.717) is 13.2 Å². The number of carbonyl (C=O) groups excluding carboxylic acids is 1. The predicted octanol–water partition coefficient (Wildman–Crippen LogP) is 4.18. The molecule has 0 spiro atoms. The van der Waals surface area contributed by atoms with Crippen LogP contribution in [-0.4, -0.2) is 21.8 Å². The minimum atomic E-state index is 0.201. The third kappa shape index (κ3) is 4.35. The summed E-state index contributed by atoms with van der Waals surface area (Å²) in [6, 6.07) is 8.21. The smallest absolute Gasteiger partial charge is 0.226 e. The molecule has 0 radical (unpaired) electrons. The SMILES string of the molecule is Cc1ccc(OCc2nc(CN(C(=O)C3CC3)C(C)C)cs2)cc1. The van der Waals surface area contributed by atoms with Gasteiger partial charge in [0.05, 0.1) is 12.2 Å². The Bertz CT molecular complexity index is 690. The molecule has 5 heteroatoms. The van der Waals surface area contributed by atoms with Crippen LogP contribution < -0.4 is 4.74 Å². The van der Waals surface area contributed by atoms with Crippen molar-refractivity contribution in [2.75, 3.05) is 0 Å². The Morgan fingerprint density at radius 1 is 1.33 bits per heavy atom. The van der Waals surface area contributed by atoms with Crippen molar-refractivity contribution in [1.82, 2.24) is 9.88 Å². The summed E-state index contributed by atoms with van der Waals surface area (Å²) in [6.45, 7) is 7.24. The lowest BCUT2D eigenvalue weighted by Gasteiger charge is -2.26. The van der Waals surface area contributed by atoms with E-state index in [1.807, 2.05) is 34.5 Å². The standard InChI is InChI=1S/C19H24N2O2S/c1-13(2)21(19(22)15-6-7-15)10-16-12-24-18(20-16)11-23-17-8-4-14(3)5-9-17/h4-5,8-9,12-13,15H,6-7,10-11H2,1-3H3. The second kappa shape index (κ2) is 7.34. The van der Waals surface area contributed by atoms with Crippen LogP contribution in [0.4, 0.5) is 0 Å². The average molecular weight is 344 g/mol. The van der Waals surface area contributed by atoms with Crippen LogP contribution >= 0.6 is 11.3 Å². The van der Waals surface area contributed by atoms with E-state index >= 15 is 0 Å². The van der Waals surface area contributed by atoms with Crippen LogP contribution in [0.1, 0.15) is 43.0 Å². The highest BCUT2D eigenvalue weighted by Gasteiger charge is 2.34. The van der Waals surface area contributed by atoms with Gasteiger partial charge in [-0.2, -0.15) is 0 Å². The first-order valence-corrected chi connectivity index (χ1v) is 9.34. The maximum absolute atomic E-state index is 12.4. The van der Waals surface area contributed by atoms with Gasteiger partial charge in [0, 0.05) is 17.3 Å². The molecule has 2 aromatic rings. The second-order valence-corrected chi connectivity index (χ2v) is 7.61. The summed E-state index contributed by atoms with van der Waals surface area (Å²) >= 11 is 1.59. The van der Waals surface area contributed by atoms with Gasteiger partial charge in [-0.05, 0) is 45.7 Å². The Kier molecular flexibility index (Phi) is 5.19. The molecule has 0 bridgehead atoms. The molecule has 1 heterocycles. The van der Waals surface area contributed by atoms with Gasteiger partial charge < -0.3 is 9.64 Å². The molecule has 1 saturated carbocycles. The van der Waals surface area contributed by atoms with Crippen molar-refractivity contribution in [1.29, 1.82) is 0 Å². The van der Waals surface area contributed by atoms with E-state index in [-0.39, 0.29) is 17.9 Å². The van der Waals surface area contributed by atoms with Gasteiger partial charge in [0.25, 0.3) is 0 Å². The highest BCUT2D eigenvalue weighted by molar-refractivity contribution is 7.09. The van der Waals surface area contributed by atoms with Crippen LogP contribution in [-0.2, 0) is 17.9 Å². The first-order valence-electron chi connectivity index (χ1n) is 8.46.